The first-order chi connectivity index (χ1) is 12.8. The van der Waals surface area contributed by atoms with Gasteiger partial charge in [0, 0.05) is 18.3 Å². The van der Waals surface area contributed by atoms with Crippen molar-refractivity contribution in [2.75, 3.05) is 5.32 Å². The summed E-state index contributed by atoms with van der Waals surface area (Å²) >= 11 is 1.70. The largest absolute Gasteiger partial charge is 0.359 e. The van der Waals surface area contributed by atoms with Gasteiger partial charge in [0.05, 0.1) is 15.7 Å². The molecule has 4 aromatic rings. The number of nitrogens with one attached hydrogen (secondary N) is 2. The van der Waals surface area contributed by atoms with Crippen molar-refractivity contribution in [2.45, 2.75) is 37.8 Å². The molecule has 0 bridgehead atoms. The number of nitrogens with zero attached hydrogens (tertiary/aromatic N) is 3. The van der Waals surface area contributed by atoms with Gasteiger partial charge in [-0.2, -0.15) is 0 Å². The number of aromatic nitrogens is 4. The maximum absolute atomic E-state index is 12.4. The van der Waals surface area contributed by atoms with Gasteiger partial charge in [-0.05, 0) is 49.9 Å². The monoisotopic (exact) mass is 365 g/mol. The highest BCUT2D eigenvalue weighted by Crippen LogP contribution is 2.32. The van der Waals surface area contributed by atoms with Crippen LogP contribution in [0.2, 0.25) is 0 Å². The number of rotatable bonds is 3. The number of thiazole rings is 1. The molecule has 1 aliphatic carbocycles. The average molecular weight is 365 g/mol. The summed E-state index contributed by atoms with van der Waals surface area (Å²) in [5, 5.41) is 4.57. The number of pyridine rings is 1. The van der Waals surface area contributed by atoms with E-state index in [0.29, 0.717) is 6.04 Å². The van der Waals surface area contributed by atoms with Crippen LogP contribution in [0.5, 0.6) is 0 Å². The minimum Gasteiger partial charge on any atom is -0.359 e. The van der Waals surface area contributed by atoms with Gasteiger partial charge in [0.2, 0.25) is 0 Å². The Morgan fingerprint density at radius 3 is 2.81 bits per heavy atom. The molecule has 0 aliphatic heterocycles. The fourth-order valence-electron chi connectivity index (χ4n) is 3.88. The maximum Gasteiger partial charge on any atom is 0.327 e. The SMILES string of the molecule is O=c1[nH]c2cccnc2n1C1CCC(Nc2nc3ccccc3s2)CC1. The molecule has 0 atom stereocenters. The molecule has 7 heteroatoms. The molecule has 1 fully saturated rings. The Morgan fingerprint density at radius 1 is 1.12 bits per heavy atom. The van der Waals surface area contributed by atoms with Crippen LogP contribution < -0.4 is 11.0 Å². The summed E-state index contributed by atoms with van der Waals surface area (Å²) in [6.07, 6.45) is 5.71. The molecule has 0 spiro atoms. The van der Waals surface area contributed by atoms with Crippen LogP contribution in [-0.2, 0) is 0 Å². The number of aromatic amines is 1. The van der Waals surface area contributed by atoms with Gasteiger partial charge >= 0.3 is 5.69 Å². The average Bonchev–Trinajstić information content (AvgIpc) is 3.21. The van der Waals surface area contributed by atoms with Crippen molar-refractivity contribution in [1.82, 2.24) is 19.5 Å². The molecule has 26 heavy (non-hydrogen) atoms. The summed E-state index contributed by atoms with van der Waals surface area (Å²) in [5.41, 5.74) is 2.57. The third-order valence-electron chi connectivity index (χ3n) is 5.16. The second-order valence-electron chi connectivity index (χ2n) is 6.81. The predicted octanol–water partition coefficient (Wildman–Crippen LogP) is 3.93. The molecular formula is C19H19N5OS. The molecule has 0 radical (unpaired) electrons. The summed E-state index contributed by atoms with van der Waals surface area (Å²) in [7, 11) is 0. The van der Waals surface area contributed by atoms with Gasteiger partial charge in [-0.15, -0.1) is 0 Å². The van der Waals surface area contributed by atoms with E-state index in [9.17, 15) is 4.79 Å². The number of hydrogen-bond donors (Lipinski definition) is 2. The third kappa shape index (κ3) is 2.68. The second-order valence-corrected chi connectivity index (χ2v) is 7.84. The lowest BCUT2D eigenvalue weighted by molar-refractivity contribution is 0.334. The summed E-state index contributed by atoms with van der Waals surface area (Å²) < 4.78 is 3.04. The summed E-state index contributed by atoms with van der Waals surface area (Å²) in [5.74, 6) is 0. The lowest BCUT2D eigenvalue weighted by atomic mass is 9.91. The zero-order valence-corrected chi connectivity index (χ0v) is 15.0. The molecule has 1 aromatic carbocycles. The van der Waals surface area contributed by atoms with Crippen LogP contribution >= 0.6 is 11.3 Å². The molecule has 0 unspecified atom stereocenters. The predicted molar refractivity (Wildman–Crippen MR) is 105 cm³/mol. The van der Waals surface area contributed by atoms with Crippen LogP contribution in [0, 0.1) is 0 Å². The Bertz CT molecular complexity index is 1090. The van der Waals surface area contributed by atoms with Gasteiger partial charge in [0.15, 0.2) is 10.8 Å². The minimum absolute atomic E-state index is 0.0544. The van der Waals surface area contributed by atoms with Crippen molar-refractivity contribution in [3.05, 3.63) is 53.1 Å². The maximum atomic E-state index is 12.4. The number of anilines is 1. The number of benzene rings is 1. The lowest BCUT2D eigenvalue weighted by Gasteiger charge is -2.29. The first kappa shape index (κ1) is 15.6. The fraction of sp³-hybridized carbons (Fsp3) is 0.316. The highest BCUT2D eigenvalue weighted by molar-refractivity contribution is 7.22. The Kier molecular flexibility index (Phi) is 3.74. The summed E-state index contributed by atoms with van der Waals surface area (Å²) in [6, 6.07) is 12.6. The van der Waals surface area contributed by atoms with Gasteiger partial charge < -0.3 is 10.3 Å². The van der Waals surface area contributed by atoms with Gasteiger partial charge in [-0.25, -0.2) is 14.8 Å². The van der Waals surface area contributed by atoms with Gasteiger partial charge in [0.1, 0.15) is 0 Å². The van der Waals surface area contributed by atoms with E-state index in [1.54, 1.807) is 17.5 Å². The van der Waals surface area contributed by atoms with Crippen molar-refractivity contribution < 1.29 is 0 Å². The van der Waals surface area contributed by atoms with Crippen LogP contribution in [0.4, 0.5) is 5.13 Å². The zero-order valence-electron chi connectivity index (χ0n) is 14.2. The Hall–Kier alpha value is -2.67. The third-order valence-corrected chi connectivity index (χ3v) is 6.13. The summed E-state index contributed by atoms with van der Waals surface area (Å²) in [6.45, 7) is 0. The first-order valence-corrected chi connectivity index (χ1v) is 9.77. The molecule has 5 rings (SSSR count). The molecule has 2 N–H and O–H groups in total. The van der Waals surface area contributed by atoms with Crippen LogP contribution in [-0.4, -0.2) is 25.6 Å². The standard InChI is InChI=1S/C19H19N5OS/c25-19-23-15-5-3-11-20-17(15)24(19)13-9-7-12(8-10-13)21-18-22-14-4-1-2-6-16(14)26-18/h1-6,11-13H,7-10H2,(H,21,22)(H,23,25). The molecule has 0 amide bonds. The van der Waals surface area contributed by atoms with Crippen molar-refractivity contribution in [1.29, 1.82) is 0 Å². The number of fused-ring (bicyclic) bond motifs is 2. The zero-order chi connectivity index (χ0) is 17.5. The Morgan fingerprint density at radius 2 is 1.96 bits per heavy atom. The molecule has 1 aliphatic rings. The van der Waals surface area contributed by atoms with E-state index < -0.39 is 0 Å². The van der Waals surface area contributed by atoms with Crippen LogP contribution in [0.1, 0.15) is 31.7 Å². The molecular weight excluding hydrogens is 346 g/mol. The molecule has 0 saturated heterocycles. The van der Waals surface area contributed by atoms with Gasteiger partial charge in [-0.3, -0.25) is 4.57 Å². The fourth-order valence-corrected chi connectivity index (χ4v) is 4.83. The second kappa shape index (κ2) is 6.25. The van der Waals surface area contributed by atoms with Gasteiger partial charge in [0.25, 0.3) is 0 Å². The van der Waals surface area contributed by atoms with E-state index >= 15 is 0 Å². The van der Waals surface area contributed by atoms with Crippen LogP contribution in [0.3, 0.4) is 0 Å². The lowest BCUT2D eigenvalue weighted by Crippen LogP contribution is -2.31. The Balaban J connectivity index is 1.31. The topological polar surface area (TPSA) is 75.6 Å². The van der Waals surface area contributed by atoms with E-state index in [1.807, 2.05) is 34.9 Å². The highest BCUT2D eigenvalue weighted by Gasteiger charge is 2.25. The highest BCUT2D eigenvalue weighted by atomic mass is 32.1. The molecule has 6 nitrogen and oxygen atoms in total. The van der Waals surface area contributed by atoms with Crippen molar-refractivity contribution in [3.8, 4) is 0 Å². The van der Waals surface area contributed by atoms with E-state index in [0.717, 1.165) is 47.5 Å². The molecule has 1 saturated carbocycles. The molecule has 132 valence electrons. The van der Waals surface area contributed by atoms with Crippen molar-refractivity contribution >= 4 is 37.8 Å². The summed E-state index contributed by atoms with van der Waals surface area (Å²) in [4.78, 5) is 24.3. The van der Waals surface area contributed by atoms with E-state index in [2.05, 4.69) is 26.3 Å². The normalized spacial score (nSPS) is 20.6. The quantitative estimate of drug-likeness (QED) is 0.577. The van der Waals surface area contributed by atoms with E-state index in [4.69, 9.17) is 0 Å². The first-order valence-electron chi connectivity index (χ1n) is 8.95. The van der Waals surface area contributed by atoms with Crippen molar-refractivity contribution in [3.63, 3.8) is 0 Å². The van der Waals surface area contributed by atoms with Crippen LogP contribution in [0.15, 0.2) is 47.4 Å². The number of hydrogen-bond acceptors (Lipinski definition) is 5. The Labute approximate surface area is 153 Å². The van der Waals surface area contributed by atoms with E-state index in [1.165, 1.54) is 4.70 Å². The smallest absolute Gasteiger partial charge is 0.327 e. The molecule has 3 aromatic heterocycles. The number of imidazole rings is 1. The number of H-pyrrole nitrogens is 1. The van der Waals surface area contributed by atoms with Gasteiger partial charge in [-0.1, -0.05) is 23.5 Å². The molecule has 3 heterocycles. The van der Waals surface area contributed by atoms with Crippen molar-refractivity contribution in [2.24, 2.45) is 0 Å². The van der Waals surface area contributed by atoms with Crippen LogP contribution in [0.25, 0.3) is 21.4 Å². The minimum atomic E-state index is -0.0544. The van der Waals surface area contributed by atoms with E-state index in [-0.39, 0.29) is 11.7 Å². The number of para-hydroxylation sites is 1.